The van der Waals surface area contributed by atoms with E-state index >= 15 is 0 Å². The molecule has 0 aromatic carbocycles. The number of aliphatic hydroxyl groups is 3. The number of hydrogen-bond donors (Lipinski definition) is 3. The zero-order chi connectivity index (χ0) is 24.7. The highest BCUT2D eigenvalue weighted by atomic mass is 16.7. The van der Waals surface area contributed by atoms with Crippen molar-refractivity contribution in [1.82, 2.24) is 4.90 Å². The van der Waals surface area contributed by atoms with Crippen LogP contribution >= 0.6 is 0 Å². The Hall–Kier alpha value is -2.26. The second-order valence-corrected chi connectivity index (χ2v) is 10.4. The van der Waals surface area contributed by atoms with Gasteiger partial charge in [0.1, 0.15) is 16.9 Å². The van der Waals surface area contributed by atoms with Gasteiger partial charge in [-0.2, -0.15) is 0 Å². The van der Waals surface area contributed by atoms with Crippen LogP contribution in [-0.4, -0.2) is 67.7 Å². The minimum absolute atomic E-state index is 0.0454. The van der Waals surface area contributed by atoms with E-state index in [0.29, 0.717) is 24.8 Å². The highest BCUT2D eigenvalue weighted by molar-refractivity contribution is 6.05. The molecule has 2 aliphatic carbocycles. The molecular formula is C26H33NO7. The van der Waals surface area contributed by atoms with Gasteiger partial charge in [-0.15, -0.1) is 0 Å². The van der Waals surface area contributed by atoms with Crippen molar-refractivity contribution in [2.45, 2.75) is 89.6 Å². The minimum atomic E-state index is -1.64. The third-order valence-corrected chi connectivity index (χ3v) is 8.50. The van der Waals surface area contributed by atoms with Crippen LogP contribution in [0.1, 0.15) is 53.9 Å². The first-order valence-electron chi connectivity index (χ1n) is 12.1. The molecule has 0 unspecified atom stereocenters. The molecule has 1 saturated carbocycles. The summed E-state index contributed by atoms with van der Waals surface area (Å²) in [6.45, 7) is 9.09. The van der Waals surface area contributed by atoms with Gasteiger partial charge in [0, 0.05) is 24.0 Å². The van der Waals surface area contributed by atoms with Gasteiger partial charge in [-0.3, -0.25) is 14.5 Å². The largest absolute Gasteiger partial charge is 0.509 e. The van der Waals surface area contributed by atoms with E-state index in [2.05, 4.69) is 0 Å². The van der Waals surface area contributed by atoms with Crippen LogP contribution in [0.4, 0.5) is 0 Å². The molecule has 184 valence electrons. The molecule has 3 aliphatic heterocycles. The molecule has 0 bridgehead atoms. The quantitative estimate of drug-likeness (QED) is 0.541. The van der Waals surface area contributed by atoms with Gasteiger partial charge in [0.25, 0.3) is 5.91 Å². The Labute approximate surface area is 199 Å². The van der Waals surface area contributed by atoms with E-state index in [1.807, 2.05) is 26.8 Å². The van der Waals surface area contributed by atoms with Gasteiger partial charge in [0.15, 0.2) is 12.1 Å². The van der Waals surface area contributed by atoms with Gasteiger partial charge in [-0.1, -0.05) is 25.5 Å². The van der Waals surface area contributed by atoms with E-state index in [1.54, 1.807) is 13.8 Å². The summed E-state index contributed by atoms with van der Waals surface area (Å²) in [5.41, 5.74) is -1.16. The van der Waals surface area contributed by atoms with E-state index in [9.17, 15) is 24.9 Å². The van der Waals surface area contributed by atoms with Crippen molar-refractivity contribution >= 4 is 11.7 Å². The van der Waals surface area contributed by atoms with Crippen LogP contribution < -0.4 is 0 Å². The lowest BCUT2D eigenvalue weighted by Crippen LogP contribution is -2.53. The number of carbonyl (C=O) groups excluding carboxylic acids is 2. The topological polar surface area (TPSA) is 117 Å². The van der Waals surface area contributed by atoms with Crippen LogP contribution in [0.2, 0.25) is 0 Å². The molecule has 5 aliphatic rings. The summed E-state index contributed by atoms with van der Waals surface area (Å²) in [6, 6.07) is 0. The maximum Gasteiger partial charge on any atom is 0.258 e. The molecule has 1 amide bonds. The fourth-order valence-corrected chi connectivity index (χ4v) is 6.79. The highest BCUT2D eigenvalue weighted by Gasteiger charge is 2.66. The van der Waals surface area contributed by atoms with Crippen molar-refractivity contribution in [1.29, 1.82) is 0 Å². The van der Waals surface area contributed by atoms with Crippen LogP contribution in [-0.2, 0) is 19.1 Å². The minimum Gasteiger partial charge on any atom is -0.509 e. The Morgan fingerprint density at radius 1 is 1.21 bits per heavy atom. The summed E-state index contributed by atoms with van der Waals surface area (Å²) in [5.74, 6) is -1.52. The molecule has 2 fully saturated rings. The maximum atomic E-state index is 13.4. The van der Waals surface area contributed by atoms with Gasteiger partial charge < -0.3 is 24.8 Å². The molecule has 0 spiro atoms. The maximum absolute atomic E-state index is 13.4. The number of fused-ring (bicyclic) bond motifs is 2. The molecule has 5 rings (SSSR count). The molecule has 3 heterocycles. The molecule has 0 aromatic heterocycles. The summed E-state index contributed by atoms with van der Waals surface area (Å²) in [6.07, 6.45) is 3.89. The average Bonchev–Trinajstić information content (AvgIpc) is 3.06. The first-order valence-corrected chi connectivity index (χ1v) is 12.1. The Bertz CT molecular complexity index is 1090. The van der Waals surface area contributed by atoms with Crippen molar-refractivity contribution in [3.05, 3.63) is 46.4 Å². The average molecular weight is 472 g/mol. The summed E-state index contributed by atoms with van der Waals surface area (Å²) < 4.78 is 12.2. The SMILES string of the molecule is CC[C@@]12C=C(C)[C@@H]3[C@@H](C)[C@H](O[C@@H]4CC[C@@H](O)[C@@H](C)O4)C4=CC(=O)C=C(N1C(=O)C(C)=C2O)[C@@]43O. The Kier molecular flexibility index (Phi) is 5.26. The Morgan fingerprint density at radius 3 is 2.56 bits per heavy atom. The summed E-state index contributed by atoms with van der Waals surface area (Å²) in [7, 11) is 0. The number of ketones is 1. The van der Waals surface area contributed by atoms with Crippen molar-refractivity contribution in [2.24, 2.45) is 11.8 Å². The predicted molar refractivity (Wildman–Crippen MR) is 122 cm³/mol. The fourth-order valence-electron chi connectivity index (χ4n) is 6.79. The predicted octanol–water partition coefficient (Wildman–Crippen LogP) is 2.43. The second kappa shape index (κ2) is 7.62. The molecule has 0 aromatic rings. The second-order valence-electron chi connectivity index (χ2n) is 10.4. The normalized spacial score (nSPS) is 43.9. The zero-order valence-electron chi connectivity index (χ0n) is 20.2. The van der Waals surface area contributed by atoms with Gasteiger partial charge in [0.2, 0.25) is 0 Å². The molecule has 34 heavy (non-hydrogen) atoms. The van der Waals surface area contributed by atoms with Gasteiger partial charge in [-0.25, -0.2) is 0 Å². The molecule has 8 atom stereocenters. The van der Waals surface area contributed by atoms with Crippen LogP contribution in [0.25, 0.3) is 0 Å². The summed E-state index contributed by atoms with van der Waals surface area (Å²) in [4.78, 5) is 27.7. The van der Waals surface area contributed by atoms with Gasteiger partial charge >= 0.3 is 0 Å². The number of carbonyl (C=O) groups is 2. The number of nitrogens with zero attached hydrogens (tertiary/aromatic N) is 1. The Balaban J connectivity index is 1.63. The number of rotatable bonds is 3. The third kappa shape index (κ3) is 2.86. The lowest BCUT2D eigenvalue weighted by atomic mass is 9.76. The number of ether oxygens (including phenoxy) is 2. The van der Waals surface area contributed by atoms with Crippen molar-refractivity contribution in [3.8, 4) is 0 Å². The number of amides is 1. The fraction of sp³-hybridized carbons (Fsp3) is 0.615. The van der Waals surface area contributed by atoms with Gasteiger partial charge in [0.05, 0.1) is 29.6 Å². The van der Waals surface area contributed by atoms with E-state index < -0.39 is 41.5 Å². The van der Waals surface area contributed by atoms with Crippen molar-refractivity contribution in [3.63, 3.8) is 0 Å². The first kappa shape index (κ1) is 23.5. The van der Waals surface area contributed by atoms with E-state index in [4.69, 9.17) is 9.47 Å². The Morgan fingerprint density at radius 2 is 1.91 bits per heavy atom. The third-order valence-electron chi connectivity index (χ3n) is 8.50. The smallest absolute Gasteiger partial charge is 0.258 e. The number of hydrogen-bond acceptors (Lipinski definition) is 7. The molecule has 0 radical (unpaired) electrons. The standard InChI is InChI=1S/C26H33NO7/c1-6-25-11-12(2)21-13(3)22(34-20-8-7-18(29)15(5)33-20)17-9-16(28)10-19(26(17,21)32)27(25)24(31)14(4)23(25)30/h9-11,13,15,18,20-22,29-30,32H,6-8H2,1-5H3/t13-,15-,18-,20-,21-,22+,25+,26+/m1/s1. The van der Waals surface area contributed by atoms with Crippen LogP contribution in [0, 0.1) is 11.8 Å². The van der Waals surface area contributed by atoms with Crippen molar-refractivity contribution < 1.29 is 34.4 Å². The molecule has 3 N–H and O–H groups in total. The molecule has 1 saturated heterocycles. The molecular weight excluding hydrogens is 438 g/mol. The van der Waals surface area contributed by atoms with E-state index in [1.165, 1.54) is 17.1 Å². The number of allylic oxidation sites excluding steroid dienone is 2. The first-order chi connectivity index (χ1) is 16.0. The van der Waals surface area contributed by atoms with Crippen molar-refractivity contribution in [2.75, 3.05) is 0 Å². The lowest BCUT2D eigenvalue weighted by Gasteiger charge is -2.43. The molecule has 8 heteroatoms. The van der Waals surface area contributed by atoms with E-state index in [-0.39, 0.29) is 34.8 Å². The van der Waals surface area contributed by atoms with Crippen LogP contribution in [0.3, 0.4) is 0 Å². The number of aliphatic hydroxyl groups excluding tert-OH is 2. The monoisotopic (exact) mass is 471 g/mol. The van der Waals surface area contributed by atoms with E-state index in [0.717, 1.165) is 5.57 Å². The van der Waals surface area contributed by atoms with Crippen LogP contribution in [0.5, 0.6) is 0 Å². The summed E-state index contributed by atoms with van der Waals surface area (Å²) >= 11 is 0. The molecule has 8 nitrogen and oxygen atoms in total. The summed E-state index contributed by atoms with van der Waals surface area (Å²) in [5, 5.41) is 33.4. The van der Waals surface area contributed by atoms with Crippen LogP contribution in [0.15, 0.2) is 46.4 Å². The lowest BCUT2D eigenvalue weighted by molar-refractivity contribution is -0.233. The zero-order valence-corrected chi connectivity index (χ0v) is 20.2. The van der Waals surface area contributed by atoms with Gasteiger partial charge in [-0.05, 0) is 45.6 Å². The highest BCUT2D eigenvalue weighted by Crippen LogP contribution is 2.59.